The van der Waals surface area contributed by atoms with Crippen molar-refractivity contribution < 1.29 is 4.74 Å². The lowest BCUT2D eigenvalue weighted by Crippen LogP contribution is -2.37. The molecule has 108 valence electrons. The van der Waals surface area contributed by atoms with Crippen molar-refractivity contribution in [3.05, 3.63) is 35.4 Å². The number of hydrogen-bond donors (Lipinski definition) is 1. The Labute approximate surface area is 118 Å². The molecule has 0 aliphatic heterocycles. The molecule has 0 amide bonds. The minimum absolute atomic E-state index is 0.184. The SMILES string of the molecule is CC(C)COCc1ccccc1CCNC(C)(C)C. The van der Waals surface area contributed by atoms with Crippen LogP contribution in [-0.4, -0.2) is 18.7 Å². The zero-order chi connectivity index (χ0) is 14.3. The molecule has 1 rings (SSSR count). The summed E-state index contributed by atoms with van der Waals surface area (Å²) < 4.78 is 5.75. The fourth-order valence-electron chi connectivity index (χ4n) is 1.92. The summed E-state index contributed by atoms with van der Waals surface area (Å²) in [4.78, 5) is 0. The second kappa shape index (κ2) is 7.66. The minimum Gasteiger partial charge on any atom is -0.376 e. The standard InChI is InChI=1S/C17H29NO/c1-14(2)12-19-13-16-9-7-6-8-15(16)10-11-18-17(3,4)5/h6-9,14,18H,10-13H2,1-5H3. The molecule has 0 saturated carbocycles. The van der Waals surface area contributed by atoms with E-state index in [1.165, 1.54) is 11.1 Å². The third kappa shape index (κ3) is 7.34. The van der Waals surface area contributed by atoms with Crippen molar-refractivity contribution >= 4 is 0 Å². The lowest BCUT2D eigenvalue weighted by molar-refractivity contribution is 0.0966. The van der Waals surface area contributed by atoms with Gasteiger partial charge in [-0.3, -0.25) is 0 Å². The summed E-state index contributed by atoms with van der Waals surface area (Å²) in [5, 5.41) is 3.53. The van der Waals surface area contributed by atoms with Gasteiger partial charge < -0.3 is 10.1 Å². The maximum atomic E-state index is 5.75. The van der Waals surface area contributed by atoms with Gasteiger partial charge in [0.25, 0.3) is 0 Å². The molecule has 1 N–H and O–H groups in total. The van der Waals surface area contributed by atoms with Gasteiger partial charge in [0.05, 0.1) is 6.61 Å². The lowest BCUT2D eigenvalue weighted by atomic mass is 10.0. The summed E-state index contributed by atoms with van der Waals surface area (Å²) in [6.07, 6.45) is 1.05. The molecule has 0 heterocycles. The van der Waals surface area contributed by atoms with Gasteiger partial charge in [-0.1, -0.05) is 38.1 Å². The van der Waals surface area contributed by atoms with Crippen molar-refractivity contribution in [3.63, 3.8) is 0 Å². The highest BCUT2D eigenvalue weighted by Gasteiger charge is 2.09. The van der Waals surface area contributed by atoms with Gasteiger partial charge in [0, 0.05) is 12.1 Å². The third-order valence-electron chi connectivity index (χ3n) is 2.88. The second-order valence-corrected chi connectivity index (χ2v) is 6.60. The molecule has 0 bridgehead atoms. The van der Waals surface area contributed by atoms with Crippen LogP contribution >= 0.6 is 0 Å². The summed E-state index contributed by atoms with van der Waals surface area (Å²) in [6.45, 7) is 13.5. The summed E-state index contributed by atoms with van der Waals surface area (Å²) in [5.74, 6) is 0.592. The molecule has 0 aromatic heterocycles. The summed E-state index contributed by atoms with van der Waals surface area (Å²) in [7, 11) is 0. The van der Waals surface area contributed by atoms with Crippen molar-refractivity contribution in [2.24, 2.45) is 5.92 Å². The Bertz CT molecular complexity index is 366. The highest BCUT2D eigenvalue weighted by Crippen LogP contribution is 2.12. The molecule has 19 heavy (non-hydrogen) atoms. The Hall–Kier alpha value is -0.860. The number of benzene rings is 1. The molecule has 0 spiro atoms. The topological polar surface area (TPSA) is 21.3 Å². The van der Waals surface area contributed by atoms with E-state index in [1.807, 2.05) is 0 Å². The Kier molecular flexibility index (Phi) is 6.53. The smallest absolute Gasteiger partial charge is 0.0719 e. The molecule has 0 aliphatic rings. The van der Waals surface area contributed by atoms with Gasteiger partial charge in [0.1, 0.15) is 0 Å². The van der Waals surface area contributed by atoms with E-state index in [0.717, 1.165) is 26.2 Å². The molecule has 0 aliphatic carbocycles. The van der Waals surface area contributed by atoms with E-state index >= 15 is 0 Å². The molecule has 1 aromatic carbocycles. The van der Waals surface area contributed by atoms with E-state index in [2.05, 4.69) is 64.2 Å². The van der Waals surface area contributed by atoms with E-state index in [9.17, 15) is 0 Å². The summed E-state index contributed by atoms with van der Waals surface area (Å²) in [6, 6.07) is 8.58. The number of rotatable bonds is 7. The van der Waals surface area contributed by atoms with Crippen molar-refractivity contribution in [2.75, 3.05) is 13.2 Å². The second-order valence-electron chi connectivity index (χ2n) is 6.60. The maximum absolute atomic E-state index is 5.75. The van der Waals surface area contributed by atoms with Crippen LogP contribution in [0.4, 0.5) is 0 Å². The first-order chi connectivity index (χ1) is 8.88. The van der Waals surface area contributed by atoms with E-state index in [0.29, 0.717) is 5.92 Å². The van der Waals surface area contributed by atoms with Crippen LogP contribution in [0.2, 0.25) is 0 Å². The first-order valence-corrected chi connectivity index (χ1v) is 7.28. The molecule has 2 heteroatoms. The van der Waals surface area contributed by atoms with Crippen LogP contribution in [0.15, 0.2) is 24.3 Å². The largest absolute Gasteiger partial charge is 0.376 e. The van der Waals surface area contributed by atoms with E-state index < -0.39 is 0 Å². The number of nitrogens with one attached hydrogen (secondary N) is 1. The summed E-state index contributed by atoms with van der Waals surface area (Å²) in [5.41, 5.74) is 2.89. The molecule has 2 nitrogen and oxygen atoms in total. The maximum Gasteiger partial charge on any atom is 0.0719 e. The fraction of sp³-hybridized carbons (Fsp3) is 0.647. The van der Waals surface area contributed by atoms with Crippen LogP contribution in [0.5, 0.6) is 0 Å². The molecule has 0 unspecified atom stereocenters. The van der Waals surface area contributed by atoms with Crippen LogP contribution in [0.1, 0.15) is 45.7 Å². The predicted molar refractivity (Wildman–Crippen MR) is 82.4 cm³/mol. The normalized spacial score (nSPS) is 12.1. The summed E-state index contributed by atoms with van der Waals surface area (Å²) >= 11 is 0. The zero-order valence-electron chi connectivity index (χ0n) is 13.1. The van der Waals surface area contributed by atoms with Gasteiger partial charge in [-0.05, 0) is 50.8 Å². The monoisotopic (exact) mass is 263 g/mol. The van der Waals surface area contributed by atoms with Gasteiger partial charge in [0.2, 0.25) is 0 Å². The highest BCUT2D eigenvalue weighted by molar-refractivity contribution is 5.26. The molecule has 1 aromatic rings. The quantitative estimate of drug-likeness (QED) is 0.808. The van der Waals surface area contributed by atoms with Crippen LogP contribution in [0, 0.1) is 5.92 Å². The average Bonchev–Trinajstić information content (AvgIpc) is 2.29. The Morgan fingerprint density at radius 1 is 1.11 bits per heavy atom. The highest BCUT2D eigenvalue weighted by atomic mass is 16.5. The fourth-order valence-corrected chi connectivity index (χ4v) is 1.92. The minimum atomic E-state index is 0.184. The molecule has 0 fully saturated rings. The molecule has 0 radical (unpaired) electrons. The number of hydrogen-bond acceptors (Lipinski definition) is 2. The van der Waals surface area contributed by atoms with Crippen molar-refractivity contribution in [3.8, 4) is 0 Å². The molecular weight excluding hydrogens is 234 g/mol. The van der Waals surface area contributed by atoms with Crippen LogP contribution in [-0.2, 0) is 17.8 Å². The number of ether oxygens (including phenoxy) is 1. The third-order valence-corrected chi connectivity index (χ3v) is 2.88. The first kappa shape index (κ1) is 16.2. The Morgan fingerprint density at radius 3 is 2.32 bits per heavy atom. The van der Waals surface area contributed by atoms with Crippen molar-refractivity contribution in [2.45, 2.75) is 53.2 Å². The van der Waals surface area contributed by atoms with Gasteiger partial charge in [-0.2, -0.15) is 0 Å². The van der Waals surface area contributed by atoms with E-state index in [-0.39, 0.29) is 5.54 Å². The zero-order valence-corrected chi connectivity index (χ0v) is 13.1. The van der Waals surface area contributed by atoms with Gasteiger partial charge in [0.15, 0.2) is 0 Å². The molecule has 0 atom stereocenters. The molecule has 0 saturated heterocycles. The van der Waals surface area contributed by atoms with E-state index in [1.54, 1.807) is 0 Å². The van der Waals surface area contributed by atoms with Gasteiger partial charge >= 0.3 is 0 Å². The van der Waals surface area contributed by atoms with Crippen molar-refractivity contribution in [1.82, 2.24) is 5.32 Å². The molecular formula is C17H29NO. The van der Waals surface area contributed by atoms with Crippen molar-refractivity contribution in [1.29, 1.82) is 0 Å². The Balaban J connectivity index is 2.48. The van der Waals surface area contributed by atoms with Crippen LogP contribution in [0.25, 0.3) is 0 Å². The van der Waals surface area contributed by atoms with Crippen LogP contribution in [0.3, 0.4) is 0 Å². The van der Waals surface area contributed by atoms with Gasteiger partial charge in [-0.25, -0.2) is 0 Å². The average molecular weight is 263 g/mol. The first-order valence-electron chi connectivity index (χ1n) is 7.28. The van der Waals surface area contributed by atoms with Gasteiger partial charge in [-0.15, -0.1) is 0 Å². The lowest BCUT2D eigenvalue weighted by Gasteiger charge is -2.21. The Morgan fingerprint density at radius 2 is 1.74 bits per heavy atom. The van der Waals surface area contributed by atoms with E-state index in [4.69, 9.17) is 4.74 Å². The predicted octanol–water partition coefficient (Wildman–Crippen LogP) is 3.79. The van der Waals surface area contributed by atoms with Crippen LogP contribution < -0.4 is 5.32 Å².